The number of benzene rings is 2. The van der Waals surface area contributed by atoms with Gasteiger partial charge in [-0.15, -0.1) is 0 Å². The molecule has 2 heterocycles. The Balaban J connectivity index is 1.99. The summed E-state index contributed by atoms with van der Waals surface area (Å²) in [6.07, 6.45) is 2.97. The largest absolute Gasteiger partial charge is 0.507 e. The van der Waals surface area contributed by atoms with Crippen molar-refractivity contribution < 1.29 is 14.6 Å². The van der Waals surface area contributed by atoms with Crippen LogP contribution in [0.1, 0.15) is 69.2 Å². The number of hydrogen-bond donors (Lipinski definition) is 1. The van der Waals surface area contributed by atoms with Gasteiger partial charge in [0.2, 0.25) is 0 Å². The van der Waals surface area contributed by atoms with E-state index in [4.69, 9.17) is 21.3 Å². The van der Waals surface area contributed by atoms with Crippen LogP contribution in [0.4, 0.5) is 0 Å². The monoisotopic (exact) mass is 524 g/mol. The molecule has 0 fully saturated rings. The van der Waals surface area contributed by atoms with E-state index in [0.717, 1.165) is 17.5 Å². The Bertz CT molecular complexity index is 1500. The van der Waals surface area contributed by atoms with Crippen LogP contribution in [0.5, 0.6) is 5.75 Å². The van der Waals surface area contributed by atoms with Crippen molar-refractivity contribution in [2.75, 3.05) is 6.61 Å². The molecule has 0 amide bonds. The molecule has 0 radical (unpaired) electrons. The second-order valence-corrected chi connectivity index (χ2v) is 10.4. The lowest BCUT2D eigenvalue weighted by Gasteiger charge is -2.26. The molecule has 0 spiro atoms. The van der Waals surface area contributed by atoms with Gasteiger partial charge in [-0.05, 0) is 54.7 Å². The number of ether oxygens (including phenoxy) is 1. The Kier molecular flexibility index (Phi) is 7.81. The first-order valence-electron chi connectivity index (χ1n) is 12.0. The third kappa shape index (κ3) is 5.04. The molecule has 6 nitrogen and oxygen atoms in total. The second-order valence-electron chi connectivity index (χ2n) is 8.94. The van der Waals surface area contributed by atoms with Crippen molar-refractivity contribution in [1.29, 1.82) is 0 Å². The highest BCUT2D eigenvalue weighted by Gasteiger charge is 2.34. The number of rotatable bonds is 7. The smallest absolute Gasteiger partial charge is 0.338 e. The van der Waals surface area contributed by atoms with Crippen LogP contribution in [-0.4, -0.2) is 22.2 Å². The third-order valence-electron chi connectivity index (χ3n) is 6.09. The molecule has 0 saturated heterocycles. The number of allylic oxidation sites excluding steroid dienone is 1. The predicted octanol–water partition coefficient (Wildman–Crippen LogP) is 5.06. The summed E-state index contributed by atoms with van der Waals surface area (Å²) in [5.74, 6) is -0.100. The van der Waals surface area contributed by atoms with Gasteiger partial charge >= 0.3 is 5.97 Å². The minimum absolute atomic E-state index is 0.0185. The zero-order chi connectivity index (χ0) is 26.0. The molecule has 0 aliphatic carbocycles. The number of aromatic hydroxyl groups is 1. The molecule has 2 aromatic carbocycles. The number of halogens is 1. The molecule has 188 valence electrons. The summed E-state index contributed by atoms with van der Waals surface area (Å²) in [5, 5.41) is 10.7. The van der Waals surface area contributed by atoms with Crippen molar-refractivity contribution in [2.24, 2.45) is 4.99 Å². The molecule has 4 rings (SSSR count). The fraction of sp³-hybridized carbons (Fsp3) is 0.321. The number of thiazole rings is 1. The van der Waals surface area contributed by atoms with E-state index >= 15 is 0 Å². The summed E-state index contributed by atoms with van der Waals surface area (Å²) < 4.78 is 7.38. The van der Waals surface area contributed by atoms with E-state index in [-0.39, 0.29) is 17.9 Å². The van der Waals surface area contributed by atoms with Gasteiger partial charge in [0.15, 0.2) is 4.80 Å². The number of carbonyl (C=O) groups is 1. The maximum atomic E-state index is 13.8. The summed E-state index contributed by atoms with van der Waals surface area (Å²) in [7, 11) is 0. The van der Waals surface area contributed by atoms with E-state index in [9.17, 15) is 14.7 Å². The van der Waals surface area contributed by atoms with Crippen LogP contribution in [0.25, 0.3) is 6.08 Å². The lowest BCUT2D eigenvalue weighted by molar-refractivity contribution is -0.139. The maximum Gasteiger partial charge on any atom is 0.338 e. The standard InChI is InChI=1S/C28H29ClN2O4S/c1-5-7-21-24(27(34)35-6-2)25(18-10-8-17(9-11-18)16(3)4)31-26(33)23(36-28(31)30-21)15-19-14-20(29)12-13-22(19)32/h8-16,25,32H,5-7H2,1-4H3/b23-15-/t25-/m0/s1. The van der Waals surface area contributed by atoms with E-state index in [1.54, 1.807) is 29.7 Å². The van der Waals surface area contributed by atoms with E-state index in [1.807, 2.05) is 31.2 Å². The predicted molar refractivity (Wildman–Crippen MR) is 143 cm³/mol. The summed E-state index contributed by atoms with van der Waals surface area (Å²) in [5.41, 5.74) is 3.13. The summed E-state index contributed by atoms with van der Waals surface area (Å²) >= 11 is 7.33. The number of aromatic nitrogens is 1. The van der Waals surface area contributed by atoms with Crippen LogP contribution < -0.4 is 14.9 Å². The van der Waals surface area contributed by atoms with Gasteiger partial charge in [0.05, 0.1) is 28.5 Å². The second kappa shape index (κ2) is 10.8. The first-order chi connectivity index (χ1) is 17.2. The van der Waals surface area contributed by atoms with Crippen LogP contribution in [0.2, 0.25) is 5.02 Å². The molecule has 0 bridgehead atoms. The molecule has 1 aliphatic heterocycles. The maximum absolute atomic E-state index is 13.8. The van der Waals surface area contributed by atoms with E-state index < -0.39 is 12.0 Å². The van der Waals surface area contributed by atoms with Crippen molar-refractivity contribution >= 4 is 35.0 Å². The topological polar surface area (TPSA) is 80.9 Å². The van der Waals surface area contributed by atoms with Crippen LogP contribution in [0, 0.1) is 0 Å². The Morgan fingerprint density at radius 3 is 2.58 bits per heavy atom. The average Bonchev–Trinajstić information content (AvgIpc) is 3.15. The van der Waals surface area contributed by atoms with Crippen molar-refractivity contribution in [3.05, 3.63) is 95.1 Å². The third-order valence-corrected chi connectivity index (χ3v) is 7.31. The van der Waals surface area contributed by atoms with Crippen molar-refractivity contribution in [3.8, 4) is 5.75 Å². The fourth-order valence-corrected chi connectivity index (χ4v) is 5.47. The number of phenols is 1. The zero-order valence-corrected chi connectivity index (χ0v) is 22.3. The van der Waals surface area contributed by atoms with Crippen LogP contribution >= 0.6 is 22.9 Å². The van der Waals surface area contributed by atoms with Gasteiger partial charge in [-0.1, -0.05) is 74.4 Å². The SMILES string of the molecule is CCCC1=C(C(=O)OCC)[C@H](c2ccc(C(C)C)cc2)n2c(s/c(=C\c3cc(Cl)ccc3O)c2=O)=N1. The number of esters is 1. The Morgan fingerprint density at radius 2 is 1.94 bits per heavy atom. The van der Waals surface area contributed by atoms with Crippen molar-refractivity contribution in [1.82, 2.24) is 4.57 Å². The first-order valence-corrected chi connectivity index (χ1v) is 13.2. The molecule has 0 unspecified atom stereocenters. The number of hydrogen-bond acceptors (Lipinski definition) is 6. The van der Waals surface area contributed by atoms with Gasteiger partial charge in [-0.2, -0.15) is 0 Å². The highest BCUT2D eigenvalue weighted by molar-refractivity contribution is 7.07. The van der Waals surface area contributed by atoms with Crippen molar-refractivity contribution in [3.63, 3.8) is 0 Å². The number of fused-ring (bicyclic) bond motifs is 1. The summed E-state index contributed by atoms with van der Waals surface area (Å²) in [6, 6.07) is 12.0. The highest BCUT2D eigenvalue weighted by Crippen LogP contribution is 2.33. The average molecular weight is 525 g/mol. The minimum Gasteiger partial charge on any atom is -0.507 e. The lowest BCUT2D eigenvalue weighted by atomic mass is 9.92. The number of phenolic OH excluding ortho intramolecular Hbond substituents is 1. The molecule has 1 aliphatic rings. The fourth-order valence-electron chi connectivity index (χ4n) is 4.28. The molecular formula is C28H29ClN2O4S. The summed E-state index contributed by atoms with van der Waals surface area (Å²) in [4.78, 5) is 32.3. The normalized spacial score (nSPS) is 15.7. The van der Waals surface area contributed by atoms with Gasteiger partial charge in [0, 0.05) is 10.6 Å². The van der Waals surface area contributed by atoms with Crippen LogP contribution in [0.3, 0.4) is 0 Å². The van der Waals surface area contributed by atoms with E-state index in [0.29, 0.717) is 43.5 Å². The Morgan fingerprint density at radius 1 is 1.22 bits per heavy atom. The molecule has 1 N–H and O–H groups in total. The highest BCUT2D eigenvalue weighted by atomic mass is 35.5. The molecule has 8 heteroatoms. The minimum atomic E-state index is -0.668. The van der Waals surface area contributed by atoms with Crippen LogP contribution in [0.15, 0.2) is 63.5 Å². The molecule has 36 heavy (non-hydrogen) atoms. The molecule has 3 aromatic rings. The Hall–Kier alpha value is -3.16. The van der Waals surface area contributed by atoms with E-state index in [2.05, 4.69) is 13.8 Å². The van der Waals surface area contributed by atoms with Crippen molar-refractivity contribution in [2.45, 2.75) is 52.5 Å². The molecule has 1 atom stereocenters. The first kappa shape index (κ1) is 25.9. The number of nitrogens with zero attached hydrogens (tertiary/aromatic N) is 2. The Labute approximate surface area is 218 Å². The van der Waals surface area contributed by atoms with E-state index in [1.165, 1.54) is 17.4 Å². The molecule has 0 saturated carbocycles. The van der Waals surface area contributed by atoms with Gasteiger partial charge in [0.25, 0.3) is 5.56 Å². The van der Waals surface area contributed by atoms with Gasteiger partial charge in [-0.3, -0.25) is 9.36 Å². The lowest BCUT2D eigenvalue weighted by Crippen LogP contribution is -2.40. The zero-order valence-electron chi connectivity index (χ0n) is 20.7. The molecule has 1 aromatic heterocycles. The van der Waals surface area contributed by atoms with Crippen LogP contribution in [-0.2, 0) is 9.53 Å². The van der Waals surface area contributed by atoms with Gasteiger partial charge < -0.3 is 9.84 Å². The molecular weight excluding hydrogens is 496 g/mol. The summed E-state index contributed by atoms with van der Waals surface area (Å²) in [6.45, 7) is 8.24. The quantitative estimate of drug-likeness (QED) is 0.438. The number of carbonyl (C=O) groups excluding carboxylic acids is 1. The van der Waals surface area contributed by atoms with Gasteiger partial charge in [-0.25, -0.2) is 9.79 Å². The van der Waals surface area contributed by atoms with Gasteiger partial charge in [0.1, 0.15) is 5.75 Å².